The maximum absolute atomic E-state index is 12.7. The van der Waals surface area contributed by atoms with E-state index in [1.807, 2.05) is 42.3 Å². The lowest BCUT2D eigenvalue weighted by Gasteiger charge is -2.30. The minimum atomic E-state index is -0.918. The average molecular weight is 506 g/mol. The average Bonchev–Trinajstić information content (AvgIpc) is 2.85. The van der Waals surface area contributed by atoms with E-state index in [4.69, 9.17) is 20.9 Å². The first-order valence-corrected chi connectivity index (χ1v) is 11.4. The van der Waals surface area contributed by atoms with Gasteiger partial charge in [0, 0.05) is 25.2 Å². The van der Waals surface area contributed by atoms with Gasteiger partial charge in [-0.25, -0.2) is 4.79 Å². The molecular weight excluding hydrogens is 478 g/mol. The van der Waals surface area contributed by atoms with Gasteiger partial charge in [-0.2, -0.15) is 9.97 Å². The first kappa shape index (κ1) is 25.4. The maximum atomic E-state index is 12.7. The number of nitrogen functional groups attached to an aromatic ring is 2. The summed E-state index contributed by atoms with van der Waals surface area (Å²) in [5.41, 5.74) is 14.2. The molecule has 2 aromatic carbocycles. The number of hydrogen-bond donors (Lipinski definition) is 3. The molecular formula is C25H27N7O5. The van der Waals surface area contributed by atoms with Crippen LogP contribution in [0.3, 0.4) is 0 Å². The van der Waals surface area contributed by atoms with Crippen molar-refractivity contribution in [3.8, 4) is 0 Å². The SMILES string of the molecule is CC1=C(OC(=O)OCCN(C)Cc2ccccc2)C(c2cccc([N+](=O)[O-])c2)c2c(N)nc(N)nc2N1. The van der Waals surface area contributed by atoms with Crippen LogP contribution >= 0.6 is 0 Å². The lowest BCUT2D eigenvalue weighted by atomic mass is 9.86. The lowest BCUT2D eigenvalue weighted by Crippen LogP contribution is -2.27. The van der Waals surface area contributed by atoms with Crippen molar-refractivity contribution in [3.05, 3.63) is 92.9 Å². The fourth-order valence-corrected chi connectivity index (χ4v) is 4.12. The number of hydrogen-bond acceptors (Lipinski definition) is 11. The second kappa shape index (κ2) is 10.9. The number of ether oxygens (including phenoxy) is 2. The van der Waals surface area contributed by atoms with Crippen molar-refractivity contribution in [1.82, 2.24) is 14.9 Å². The van der Waals surface area contributed by atoms with Crippen molar-refractivity contribution in [1.29, 1.82) is 0 Å². The second-order valence-corrected chi connectivity index (χ2v) is 8.55. The Labute approximate surface area is 213 Å². The summed E-state index contributed by atoms with van der Waals surface area (Å²) in [6.07, 6.45) is -0.918. The number of likely N-dealkylation sites (N-methyl/N-ethyl adjacent to an activating group) is 1. The molecule has 0 spiro atoms. The van der Waals surface area contributed by atoms with Crippen molar-refractivity contribution < 1.29 is 19.2 Å². The van der Waals surface area contributed by atoms with Crippen LogP contribution in [-0.2, 0) is 16.0 Å². The first-order valence-electron chi connectivity index (χ1n) is 11.4. The van der Waals surface area contributed by atoms with Crippen molar-refractivity contribution in [2.75, 3.05) is 37.0 Å². The number of benzene rings is 2. The molecule has 192 valence electrons. The quantitative estimate of drug-likeness (QED) is 0.232. The number of nitro benzene ring substituents is 1. The second-order valence-electron chi connectivity index (χ2n) is 8.55. The fraction of sp³-hybridized carbons (Fsp3) is 0.240. The summed E-state index contributed by atoms with van der Waals surface area (Å²) >= 11 is 0. The molecule has 0 aliphatic carbocycles. The predicted octanol–water partition coefficient (Wildman–Crippen LogP) is 3.62. The Morgan fingerprint density at radius 2 is 1.92 bits per heavy atom. The number of nitrogens with zero attached hydrogens (tertiary/aromatic N) is 4. The highest BCUT2D eigenvalue weighted by Gasteiger charge is 2.35. The highest BCUT2D eigenvalue weighted by Crippen LogP contribution is 2.44. The number of nitrogens with one attached hydrogen (secondary N) is 1. The molecule has 0 saturated heterocycles. The zero-order valence-electron chi connectivity index (χ0n) is 20.4. The van der Waals surface area contributed by atoms with Crippen molar-refractivity contribution >= 4 is 29.4 Å². The van der Waals surface area contributed by atoms with Gasteiger partial charge in [0.05, 0.1) is 22.1 Å². The van der Waals surface area contributed by atoms with E-state index in [1.165, 1.54) is 18.2 Å². The van der Waals surface area contributed by atoms with Gasteiger partial charge in [0.25, 0.3) is 5.69 Å². The smallest absolute Gasteiger partial charge is 0.433 e. The highest BCUT2D eigenvalue weighted by molar-refractivity contribution is 5.71. The summed E-state index contributed by atoms with van der Waals surface area (Å²) in [5, 5.41) is 14.4. The van der Waals surface area contributed by atoms with Gasteiger partial charge in [-0.3, -0.25) is 15.0 Å². The molecule has 2 heterocycles. The molecule has 12 heteroatoms. The molecule has 12 nitrogen and oxygen atoms in total. The molecule has 5 N–H and O–H groups in total. The number of non-ortho nitro benzene ring substituents is 1. The monoisotopic (exact) mass is 505 g/mol. The number of carbonyl (C=O) groups excluding carboxylic acids is 1. The fourth-order valence-electron chi connectivity index (χ4n) is 4.12. The molecule has 0 fully saturated rings. The zero-order valence-corrected chi connectivity index (χ0v) is 20.4. The molecule has 37 heavy (non-hydrogen) atoms. The molecule has 1 aliphatic heterocycles. The van der Waals surface area contributed by atoms with Gasteiger partial charge in [-0.15, -0.1) is 0 Å². The Morgan fingerprint density at radius 1 is 1.16 bits per heavy atom. The summed E-state index contributed by atoms with van der Waals surface area (Å²) in [4.78, 5) is 33.8. The van der Waals surface area contributed by atoms with E-state index in [9.17, 15) is 14.9 Å². The standard InChI is InChI=1S/C25H27N7O5/c1-15-21(37-25(33)36-12-11-31(2)14-16-7-4-3-5-8-16)19(17-9-6-10-18(13-17)32(34)35)20-22(26)29-24(27)30-23(20)28-15/h3-10,13,19H,11-12,14H2,1-2H3,(H5,26,27,28,29,30). The number of allylic oxidation sites excluding steroid dienone is 2. The number of carbonyl (C=O) groups is 1. The number of anilines is 3. The molecule has 0 radical (unpaired) electrons. The predicted molar refractivity (Wildman–Crippen MR) is 137 cm³/mol. The van der Waals surface area contributed by atoms with E-state index in [-0.39, 0.29) is 29.8 Å². The normalized spacial score (nSPS) is 14.6. The van der Waals surface area contributed by atoms with Crippen molar-refractivity contribution in [2.45, 2.75) is 19.4 Å². The molecule has 0 saturated carbocycles. The Balaban J connectivity index is 1.53. The Kier molecular flexibility index (Phi) is 7.49. The molecule has 0 bridgehead atoms. The van der Waals surface area contributed by atoms with Crippen LogP contribution in [0.5, 0.6) is 0 Å². The van der Waals surface area contributed by atoms with E-state index in [2.05, 4.69) is 15.3 Å². The molecule has 0 amide bonds. The summed E-state index contributed by atoms with van der Waals surface area (Å²) < 4.78 is 11.0. The van der Waals surface area contributed by atoms with Crippen LogP contribution in [0.1, 0.15) is 29.5 Å². The number of nitro groups is 1. The lowest BCUT2D eigenvalue weighted by molar-refractivity contribution is -0.384. The van der Waals surface area contributed by atoms with Gasteiger partial charge in [0.15, 0.2) is 0 Å². The Hall–Kier alpha value is -4.71. The Bertz CT molecular complexity index is 1350. The van der Waals surface area contributed by atoms with E-state index in [1.54, 1.807) is 13.0 Å². The summed E-state index contributed by atoms with van der Waals surface area (Å²) in [6.45, 7) is 2.96. The summed E-state index contributed by atoms with van der Waals surface area (Å²) in [6, 6.07) is 15.9. The van der Waals surface area contributed by atoms with Crippen LogP contribution < -0.4 is 16.8 Å². The van der Waals surface area contributed by atoms with Crippen molar-refractivity contribution in [2.24, 2.45) is 0 Å². The van der Waals surface area contributed by atoms with E-state index in [0.717, 1.165) is 5.56 Å². The van der Waals surface area contributed by atoms with Crippen LogP contribution in [0.2, 0.25) is 0 Å². The molecule has 1 atom stereocenters. The van der Waals surface area contributed by atoms with Crippen LogP contribution in [0.4, 0.5) is 28.1 Å². The summed E-state index contributed by atoms with van der Waals surface area (Å²) in [7, 11) is 1.92. The highest BCUT2D eigenvalue weighted by atomic mass is 16.7. The third kappa shape index (κ3) is 5.93. The topological polar surface area (TPSA) is 172 Å². The van der Waals surface area contributed by atoms with E-state index in [0.29, 0.717) is 35.7 Å². The van der Waals surface area contributed by atoms with Crippen molar-refractivity contribution in [3.63, 3.8) is 0 Å². The van der Waals surface area contributed by atoms with E-state index >= 15 is 0 Å². The molecule has 1 unspecified atom stereocenters. The minimum absolute atomic E-state index is 0.0438. The number of fused-ring (bicyclic) bond motifs is 1. The number of aromatic nitrogens is 2. The van der Waals surface area contributed by atoms with Crippen LogP contribution in [0.15, 0.2) is 66.1 Å². The maximum Gasteiger partial charge on any atom is 0.513 e. The van der Waals surface area contributed by atoms with Crippen LogP contribution in [0.25, 0.3) is 0 Å². The van der Waals surface area contributed by atoms with Gasteiger partial charge in [-0.05, 0) is 25.1 Å². The zero-order chi connectivity index (χ0) is 26.5. The van der Waals surface area contributed by atoms with Crippen LogP contribution in [0, 0.1) is 10.1 Å². The third-order valence-corrected chi connectivity index (χ3v) is 5.81. The van der Waals surface area contributed by atoms with Gasteiger partial charge in [-0.1, -0.05) is 42.5 Å². The molecule has 3 aromatic rings. The number of nitrogens with two attached hydrogens (primary N) is 2. The number of rotatable bonds is 8. The van der Waals surface area contributed by atoms with Gasteiger partial charge >= 0.3 is 6.16 Å². The van der Waals surface area contributed by atoms with Gasteiger partial charge in [0.1, 0.15) is 24.0 Å². The Morgan fingerprint density at radius 3 is 2.65 bits per heavy atom. The minimum Gasteiger partial charge on any atom is -0.433 e. The van der Waals surface area contributed by atoms with E-state index < -0.39 is 17.0 Å². The molecule has 4 rings (SSSR count). The third-order valence-electron chi connectivity index (χ3n) is 5.81. The van der Waals surface area contributed by atoms with Gasteiger partial charge < -0.3 is 26.3 Å². The molecule has 1 aliphatic rings. The molecule has 1 aromatic heterocycles. The summed E-state index contributed by atoms with van der Waals surface area (Å²) in [5.74, 6) is -0.322. The van der Waals surface area contributed by atoms with Gasteiger partial charge in [0.2, 0.25) is 5.95 Å². The van der Waals surface area contributed by atoms with Crippen LogP contribution in [-0.4, -0.2) is 46.1 Å². The largest absolute Gasteiger partial charge is 0.513 e. The first-order chi connectivity index (χ1) is 17.7.